The van der Waals surface area contributed by atoms with Crippen LogP contribution in [0.4, 0.5) is 23.7 Å². The van der Waals surface area contributed by atoms with Gasteiger partial charge in [0.2, 0.25) is 0 Å². The van der Waals surface area contributed by atoms with Gasteiger partial charge in [-0.25, -0.2) is 4.79 Å². The SMILES string of the molecule is Cc1ccc(C(F)(F)F)cc1NC(=O)NC1CCC1. The van der Waals surface area contributed by atoms with Gasteiger partial charge in [0.15, 0.2) is 0 Å². The summed E-state index contributed by atoms with van der Waals surface area (Å²) in [6.45, 7) is 1.65. The summed E-state index contributed by atoms with van der Waals surface area (Å²) < 4.78 is 37.7. The van der Waals surface area contributed by atoms with Crippen LogP contribution in [0.1, 0.15) is 30.4 Å². The van der Waals surface area contributed by atoms with Crippen molar-refractivity contribution >= 4 is 11.7 Å². The zero-order chi connectivity index (χ0) is 14.0. The fourth-order valence-corrected chi connectivity index (χ4v) is 1.83. The molecule has 0 atom stereocenters. The maximum atomic E-state index is 12.6. The van der Waals surface area contributed by atoms with Crippen molar-refractivity contribution in [3.8, 4) is 0 Å². The number of rotatable bonds is 2. The van der Waals surface area contributed by atoms with Gasteiger partial charge in [-0.3, -0.25) is 0 Å². The van der Waals surface area contributed by atoms with Crippen molar-refractivity contribution < 1.29 is 18.0 Å². The summed E-state index contributed by atoms with van der Waals surface area (Å²) in [6, 6.07) is 3.00. The Morgan fingerprint density at radius 2 is 2.00 bits per heavy atom. The molecule has 1 aliphatic rings. The van der Waals surface area contributed by atoms with Crippen molar-refractivity contribution in [2.45, 2.75) is 38.4 Å². The minimum absolute atomic E-state index is 0.145. The number of halogens is 3. The van der Waals surface area contributed by atoms with E-state index in [0.29, 0.717) is 5.56 Å². The lowest BCUT2D eigenvalue weighted by Gasteiger charge is -2.26. The van der Waals surface area contributed by atoms with Gasteiger partial charge in [0.1, 0.15) is 0 Å². The number of carbonyl (C=O) groups is 1. The molecule has 0 unspecified atom stereocenters. The van der Waals surface area contributed by atoms with Crippen LogP contribution in [0.25, 0.3) is 0 Å². The van der Waals surface area contributed by atoms with E-state index in [0.717, 1.165) is 31.4 Å². The van der Waals surface area contributed by atoms with Crippen molar-refractivity contribution in [3.63, 3.8) is 0 Å². The Bertz CT molecular complexity index is 481. The second-order valence-electron chi connectivity index (χ2n) is 4.75. The minimum atomic E-state index is -4.41. The third kappa shape index (κ3) is 3.39. The average molecular weight is 272 g/mol. The van der Waals surface area contributed by atoms with E-state index in [-0.39, 0.29) is 11.7 Å². The molecule has 2 N–H and O–H groups in total. The monoisotopic (exact) mass is 272 g/mol. The van der Waals surface area contributed by atoms with E-state index in [4.69, 9.17) is 0 Å². The molecule has 0 aromatic heterocycles. The number of aryl methyl sites for hydroxylation is 1. The van der Waals surface area contributed by atoms with Gasteiger partial charge >= 0.3 is 12.2 Å². The van der Waals surface area contributed by atoms with Crippen molar-refractivity contribution in [1.29, 1.82) is 0 Å². The molecule has 19 heavy (non-hydrogen) atoms. The molecule has 1 aromatic rings. The predicted octanol–water partition coefficient (Wildman–Crippen LogP) is 3.69. The van der Waals surface area contributed by atoms with E-state index in [2.05, 4.69) is 10.6 Å². The van der Waals surface area contributed by atoms with Crippen molar-refractivity contribution in [3.05, 3.63) is 29.3 Å². The smallest absolute Gasteiger partial charge is 0.335 e. The Hall–Kier alpha value is -1.72. The highest BCUT2D eigenvalue weighted by Gasteiger charge is 2.31. The molecule has 0 spiro atoms. The average Bonchev–Trinajstić information content (AvgIpc) is 2.25. The summed E-state index contributed by atoms with van der Waals surface area (Å²) in [4.78, 5) is 11.6. The normalized spacial score (nSPS) is 15.8. The third-order valence-corrected chi connectivity index (χ3v) is 3.25. The zero-order valence-electron chi connectivity index (χ0n) is 10.5. The lowest BCUT2D eigenvalue weighted by molar-refractivity contribution is -0.137. The van der Waals surface area contributed by atoms with Crippen LogP contribution < -0.4 is 10.6 Å². The summed E-state index contributed by atoms with van der Waals surface area (Å²) in [6.07, 6.45) is -1.48. The molecule has 104 valence electrons. The molecule has 0 aliphatic heterocycles. The highest BCUT2D eigenvalue weighted by molar-refractivity contribution is 5.90. The minimum Gasteiger partial charge on any atom is -0.335 e. The van der Waals surface area contributed by atoms with Crippen molar-refractivity contribution in [1.82, 2.24) is 5.32 Å². The van der Waals surface area contributed by atoms with Gasteiger partial charge in [0.05, 0.1) is 5.56 Å². The van der Waals surface area contributed by atoms with Crippen LogP contribution in [-0.2, 0) is 6.18 Å². The Morgan fingerprint density at radius 1 is 1.32 bits per heavy atom. The quantitative estimate of drug-likeness (QED) is 0.847. The standard InChI is InChI=1S/C13H15F3N2O/c1-8-5-6-9(13(14,15)16)7-11(8)18-12(19)17-10-3-2-4-10/h5-7,10H,2-4H2,1H3,(H2,17,18,19). The number of alkyl halides is 3. The maximum Gasteiger partial charge on any atom is 0.416 e. The van der Waals surface area contributed by atoms with Crippen LogP contribution in [0.2, 0.25) is 0 Å². The van der Waals surface area contributed by atoms with Gasteiger partial charge in [-0.2, -0.15) is 13.2 Å². The van der Waals surface area contributed by atoms with Gasteiger partial charge in [-0.1, -0.05) is 6.07 Å². The lowest BCUT2D eigenvalue weighted by Crippen LogP contribution is -2.42. The van der Waals surface area contributed by atoms with E-state index in [9.17, 15) is 18.0 Å². The van der Waals surface area contributed by atoms with E-state index in [1.165, 1.54) is 6.07 Å². The largest absolute Gasteiger partial charge is 0.416 e. The van der Waals surface area contributed by atoms with Gasteiger partial charge in [-0.15, -0.1) is 0 Å². The molecule has 2 amide bonds. The third-order valence-electron chi connectivity index (χ3n) is 3.25. The van der Waals surface area contributed by atoms with Crippen molar-refractivity contribution in [2.75, 3.05) is 5.32 Å². The van der Waals surface area contributed by atoms with Crippen LogP contribution >= 0.6 is 0 Å². The molecule has 1 aliphatic carbocycles. The Kier molecular flexibility index (Phi) is 3.68. The van der Waals surface area contributed by atoms with E-state index in [1.54, 1.807) is 6.92 Å². The highest BCUT2D eigenvalue weighted by atomic mass is 19.4. The lowest BCUT2D eigenvalue weighted by atomic mass is 9.93. The first-order chi connectivity index (χ1) is 8.86. The molecule has 0 saturated heterocycles. The van der Waals surface area contributed by atoms with Crippen LogP contribution in [0.3, 0.4) is 0 Å². The number of urea groups is 1. The van der Waals surface area contributed by atoms with Gasteiger partial charge < -0.3 is 10.6 Å². The van der Waals surface area contributed by atoms with Gasteiger partial charge in [0.25, 0.3) is 0 Å². The summed E-state index contributed by atoms with van der Waals surface area (Å²) in [5.41, 5.74) is 0.0143. The molecule has 1 aromatic carbocycles. The second kappa shape index (κ2) is 5.11. The molecular formula is C13H15F3N2O. The van der Waals surface area contributed by atoms with Crippen LogP contribution in [0.15, 0.2) is 18.2 Å². The number of benzene rings is 1. The molecule has 0 bridgehead atoms. The molecule has 0 heterocycles. The molecule has 2 rings (SSSR count). The first-order valence-corrected chi connectivity index (χ1v) is 6.11. The molecule has 1 saturated carbocycles. The summed E-state index contributed by atoms with van der Waals surface area (Å²) in [5.74, 6) is 0. The Morgan fingerprint density at radius 3 is 2.53 bits per heavy atom. The molecule has 1 fully saturated rings. The van der Waals surface area contributed by atoms with Gasteiger partial charge in [0, 0.05) is 11.7 Å². The first-order valence-electron chi connectivity index (χ1n) is 6.11. The van der Waals surface area contributed by atoms with Crippen molar-refractivity contribution in [2.24, 2.45) is 0 Å². The number of hydrogen-bond acceptors (Lipinski definition) is 1. The fraction of sp³-hybridized carbons (Fsp3) is 0.462. The number of amides is 2. The number of hydrogen-bond donors (Lipinski definition) is 2. The number of carbonyl (C=O) groups excluding carboxylic acids is 1. The maximum absolute atomic E-state index is 12.6. The topological polar surface area (TPSA) is 41.1 Å². The number of nitrogens with one attached hydrogen (secondary N) is 2. The fourth-order valence-electron chi connectivity index (χ4n) is 1.83. The zero-order valence-corrected chi connectivity index (χ0v) is 10.5. The summed E-state index contributed by atoms with van der Waals surface area (Å²) in [5, 5.41) is 5.19. The highest BCUT2D eigenvalue weighted by Crippen LogP contribution is 2.32. The molecule has 3 nitrogen and oxygen atoms in total. The Labute approximate surface area is 109 Å². The van der Waals surface area contributed by atoms with Crippen LogP contribution in [-0.4, -0.2) is 12.1 Å². The molecular weight excluding hydrogens is 257 g/mol. The Balaban J connectivity index is 2.07. The number of anilines is 1. The molecule has 0 radical (unpaired) electrons. The van der Waals surface area contributed by atoms with Crippen LogP contribution in [0.5, 0.6) is 0 Å². The molecule has 6 heteroatoms. The van der Waals surface area contributed by atoms with E-state index in [1.807, 2.05) is 0 Å². The van der Waals surface area contributed by atoms with Crippen LogP contribution in [0, 0.1) is 6.92 Å². The summed E-state index contributed by atoms with van der Waals surface area (Å²) >= 11 is 0. The van der Waals surface area contributed by atoms with E-state index < -0.39 is 17.8 Å². The van der Waals surface area contributed by atoms with Gasteiger partial charge in [-0.05, 0) is 43.9 Å². The van der Waals surface area contributed by atoms with E-state index >= 15 is 0 Å². The first kappa shape index (κ1) is 13.7. The second-order valence-corrected chi connectivity index (χ2v) is 4.75. The summed E-state index contributed by atoms with van der Waals surface area (Å²) in [7, 11) is 0. The predicted molar refractivity (Wildman–Crippen MR) is 66.0 cm³/mol.